The molecule has 0 radical (unpaired) electrons. The third-order valence-electron chi connectivity index (χ3n) is 2.30. The number of carbonyl (C=O) groups is 1. The molecular weight excluding hydrogens is 180 g/mol. The molecule has 0 bridgehead atoms. The molecule has 14 heavy (non-hydrogen) atoms. The van der Waals surface area contributed by atoms with Gasteiger partial charge >= 0.3 is 0 Å². The number of ether oxygens (including phenoxy) is 1. The Hall–Kier alpha value is -0.610. The Kier molecular flexibility index (Phi) is 6.49. The van der Waals surface area contributed by atoms with E-state index < -0.39 is 0 Å². The van der Waals surface area contributed by atoms with Gasteiger partial charge in [0.15, 0.2) is 0 Å². The summed E-state index contributed by atoms with van der Waals surface area (Å²) in [6, 6.07) is 0. The third-order valence-corrected chi connectivity index (χ3v) is 2.30. The molecule has 0 unspecified atom stereocenters. The molecule has 0 heterocycles. The van der Waals surface area contributed by atoms with Gasteiger partial charge in [-0.15, -0.1) is 0 Å². The Labute approximate surface area is 86.2 Å². The molecule has 0 aromatic rings. The van der Waals surface area contributed by atoms with Gasteiger partial charge in [0.05, 0.1) is 5.60 Å². The van der Waals surface area contributed by atoms with Crippen LogP contribution >= 0.6 is 0 Å². The summed E-state index contributed by atoms with van der Waals surface area (Å²) in [6.45, 7) is 6.94. The van der Waals surface area contributed by atoms with Crippen molar-refractivity contribution in [3.63, 3.8) is 0 Å². The van der Waals surface area contributed by atoms with Crippen LogP contribution in [-0.4, -0.2) is 18.1 Å². The maximum absolute atomic E-state index is 10.8. The molecule has 0 fully saturated rings. The lowest BCUT2D eigenvalue weighted by molar-refractivity contribution is -0.121. The van der Waals surface area contributed by atoms with E-state index in [0.717, 1.165) is 19.3 Å². The van der Waals surface area contributed by atoms with E-state index in [1.807, 2.05) is 0 Å². The number of hydrazine groups is 1. The minimum Gasteiger partial charge on any atom is -0.376 e. The highest BCUT2D eigenvalue weighted by Gasteiger charge is 2.14. The van der Waals surface area contributed by atoms with E-state index >= 15 is 0 Å². The Bertz CT molecular complexity index is 170. The normalized spacial score (nSPS) is 11.4. The van der Waals surface area contributed by atoms with Crippen molar-refractivity contribution in [1.29, 1.82) is 0 Å². The van der Waals surface area contributed by atoms with Crippen molar-refractivity contribution in [1.82, 2.24) is 5.43 Å². The monoisotopic (exact) mass is 202 g/mol. The highest BCUT2D eigenvalue weighted by Crippen LogP contribution is 2.14. The van der Waals surface area contributed by atoms with E-state index in [0.29, 0.717) is 13.0 Å². The summed E-state index contributed by atoms with van der Waals surface area (Å²) in [4.78, 5) is 10.8. The molecule has 0 spiro atoms. The third kappa shape index (κ3) is 6.86. The predicted molar refractivity (Wildman–Crippen MR) is 56.5 cm³/mol. The molecule has 0 saturated carbocycles. The lowest BCUT2D eigenvalue weighted by atomic mass is 10.1. The van der Waals surface area contributed by atoms with E-state index in [1.165, 1.54) is 0 Å². The summed E-state index contributed by atoms with van der Waals surface area (Å²) in [6.07, 6.45) is 3.20. The van der Waals surface area contributed by atoms with Gasteiger partial charge in [-0.05, 0) is 33.1 Å². The molecule has 0 rings (SSSR count). The Balaban J connectivity index is 3.34. The number of rotatable bonds is 7. The number of hydrogen-bond acceptors (Lipinski definition) is 3. The summed E-state index contributed by atoms with van der Waals surface area (Å²) in [7, 11) is 0. The van der Waals surface area contributed by atoms with Gasteiger partial charge in [0, 0.05) is 13.0 Å². The van der Waals surface area contributed by atoms with Gasteiger partial charge < -0.3 is 4.74 Å². The van der Waals surface area contributed by atoms with Crippen molar-refractivity contribution < 1.29 is 9.53 Å². The lowest BCUT2D eigenvalue weighted by Crippen LogP contribution is -2.29. The fourth-order valence-electron chi connectivity index (χ4n) is 0.910. The molecule has 4 heteroatoms. The molecular formula is C10H22N2O2. The first kappa shape index (κ1) is 13.4. The summed E-state index contributed by atoms with van der Waals surface area (Å²) in [5.74, 6) is 4.84. The van der Waals surface area contributed by atoms with Gasteiger partial charge in [0.2, 0.25) is 5.91 Å². The Morgan fingerprint density at radius 2 is 2.07 bits per heavy atom. The molecule has 0 aliphatic carbocycles. The molecule has 84 valence electrons. The topological polar surface area (TPSA) is 64.3 Å². The van der Waals surface area contributed by atoms with Gasteiger partial charge in [0.1, 0.15) is 0 Å². The minimum atomic E-state index is -0.111. The quantitative estimate of drug-likeness (QED) is 0.283. The predicted octanol–water partition coefficient (Wildman–Crippen LogP) is 1.35. The van der Waals surface area contributed by atoms with Crippen molar-refractivity contribution in [2.24, 2.45) is 5.84 Å². The van der Waals surface area contributed by atoms with E-state index in [4.69, 9.17) is 10.6 Å². The van der Waals surface area contributed by atoms with Gasteiger partial charge in [-0.25, -0.2) is 5.84 Å². The molecule has 0 saturated heterocycles. The highest BCUT2D eigenvalue weighted by atomic mass is 16.5. The standard InChI is InChI=1S/C10H22N2O2/c1-4-10(2,3)14-8-6-5-7-9(13)12-11/h4-8,11H2,1-3H3,(H,12,13). The van der Waals surface area contributed by atoms with Crippen LogP contribution in [0.15, 0.2) is 0 Å². The zero-order valence-corrected chi connectivity index (χ0v) is 9.43. The van der Waals surface area contributed by atoms with Crippen molar-refractivity contribution in [3.8, 4) is 0 Å². The molecule has 0 aliphatic heterocycles. The van der Waals surface area contributed by atoms with Gasteiger partial charge in [-0.1, -0.05) is 6.92 Å². The Morgan fingerprint density at radius 1 is 1.43 bits per heavy atom. The average molecular weight is 202 g/mol. The van der Waals surface area contributed by atoms with Crippen LogP contribution < -0.4 is 11.3 Å². The summed E-state index contributed by atoms with van der Waals surface area (Å²) >= 11 is 0. The number of nitrogens with one attached hydrogen (secondary N) is 1. The van der Waals surface area contributed by atoms with Gasteiger partial charge in [0.25, 0.3) is 0 Å². The van der Waals surface area contributed by atoms with E-state index in [1.54, 1.807) is 0 Å². The summed E-state index contributed by atoms with van der Waals surface area (Å²) in [5, 5.41) is 0. The van der Waals surface area contributed by atoms with Crippen LogP contribution in [0.4, 0.5) is 0 Å². The van der Waals surface area contributed by atoms with Crippen LogP contribution in [0.25, 0.3) is 0 Å². The van der Waals surface area contributed by atoms with Gasteiger partial charge in [-0.3, -0.25) is 10.2 Å². The molecule has 4 nitrogen and oxygen atoms in total. The number of hydrogen-bond donors (Lipinski definition) is 2. The number of amides is 1. The first-order chi connectivity index (χ1) is 6.52. The molecule has 0 aromatic heterocycles. The van der Waals surface area contributed by atoms with E-state index in [2.05, 4.69) is 26.2 Å². The van der Waals surface area contributed by atoms with E-state index in [-0.39, 0.29) is 11.5 Å². The van der Waals surface area contributed by atoms with Gasteiger partial charge in [-0.2, -0.15) is 0 Å². The fraction of sp³-hybridized carbons (Fsp3) is 0.900. The lowest BCUT2D eigenvalue weighted by Gasteiger charge is -2.23. The van der Waals surface area contributed by atoms with Crippen LogP contribution in [-0.2, 0) is 9.53 Å². The second kappa shape index (κ2) is 6.79. The highest BCUT2D eigenvalue weighted by molar-refractivity contribution is 5.74. The van der Waals surface area contributed by atoms with Crippen LogP contribution in [0.3, 0.4) is 0 Å². The molecule has 0 aromatic carbocycles. The largest absolute Gasteiger partial charge is 0.376 e. The van der Waals surface area contributed by atoms with Crippen molar-refractivity contribution >= 4 is 5.91 Å². The maximum Gasteiger partial charge on any atom is 0.233 e. The molecule has 0 atom stereocenters. The maximum atomic E-state index is 10.8. The van der Waals surface area contributed by atoms with Crippen LogP contribution in [0.2, 0.25) is 0 Å². The van der Waals surface area contributed by atoms with Crippen LogP contribution in [0, 0.1) is 0 Å². The van der Waals surface area contributed by atoms with E-state index in [9.17, 15) is 4.79 Å². The number of nitrogens with two attached hydrogens (primary N) is 1. The van der Waals surface area contributed by atoms with Crippen molar-refractivity contribution in [2.75, 3.05) is 6.61 Å². The number of carbonyl (C=O) groups excluding carboxylic acids is 1. The first-order valence-corrected chi connectivity index (χ1v) is 5.15. The van der Waals surface area contributed by atoms with Crippen LogP contribution in [0.1, 0.15) is 46.5 Å². The average Bonchev–Trinajstić information content (AvgIpc) is 2.17. The first-order valence-electron chi connectivity index (χ1n) is 5.15. The number of unbranched alkanes of at least 4 members (excludes halogenated alkanes) is 1. The van der Waals surface area contributed by atoms with Crippen molar-refractivity contribution in [3.05, 3.63) is 0 Å². The SMILES string of the molecule is CCC(C)(C)OCCCCC(=O)NN. The zero-order chi connectivity index (χ0) is 11.0. The summed E-state index contributed by atoms with van der Waals surface area (Å²) < 4.78 is 5.63. The Morgan fingerprint density at radius 3 is 2.57 bits per heavy atom. The fourth-order valence-corrected chi connectivity index (χ4v) is 0.910. The molecule has 1 amide bonds. The van der Waals surface area contributed by atoms with Crippen LogP contribution in [0.5, 0.6) is 0 Å². The second-order valence-electron chi connectivity index (χ2n) is 3.99. The molecule has 3 N–H and O–H groups in total. The zero-order valence-electron chi connectivity index (χ0n) is 9.43. The second-order valence-corrected chi connectivity index (χ2v) is 3.99. The molecule has 0 aliphatic rings. The minimum absolute atomic E-state index is 0.0455. The van der Waals surface area contributed by atoms with Crippen molar-refractivity contribution in [2.45, 2.75) is 52.1 Å². The smallest absolute Gasteiger partial charge is 0.233 e. The summed E-state index contributed by atoms with van der Waals surface area (Å²) in [5.41, 5.74) is 2.06.